The number of rotatable bonds is 7. The van der Waals surface area contributed by atoms with Crippen molar-refractivity contribution in [3.63, 3.8) is 0 Å². The standard InChI is InChI=1S/C20H25N3O4S2/c1-4-12-10-15(24)22-20(21-12)28-11(3)17(25)23-18-16(19(26)27-5-2)13-8-6-7-9-14(13)29-18/h10-11H,4-9H2,1-3H3,(H,23,25)(H,21,22,24). The predicted octanol–water partition coefficient (Wildman–Crippen LogP) is 3.57. The number of nitrogens with zero attached hydrogens (tertiary/aromatic N) is 1. The van der Waals surface area contributed by atoms with E-state index in [0.29, 0.717) is 27.8 Å². The number of H-pyrrole nitrogens is 1. The molecule has 1 aliphatic rings. The van der Waals surface area contributed by atoms with Crippen LogP contribution >= 0.6 is 23.1 Å². The van der Waals surface area contributed by atoms with E-state index >= 15 is 0 Å². The molecule has 2 heterocycles. The molecule has 0 saturated carbocycles. The Labute approximate surface area is 177 Å². The number of nitrogens with one attached hydrogen (secondary N) is 2. The molecule has 2 aromatic heterocycles. The lowest BCUT2D eigenvalue weighted by atomic mass is 9.95. The number of hydrogen-bond acceptors (Lipinski definition) is 7. The van der Waals surface area contributed by atoms with Crippen molar-refractivity contribution < 1.29 is 14.3 Å². The second kappa shape index (κ2) is 9.58. The highest BCUT2D eigenvalue weighted by Gasteiger charge is 2.28. The van der Waals surface area contributed by atoms with Crippen molar-refractivity contribution in [2.75, 3.05) is 11.9 Å². The van der Waals surface area contributed by atoms with Gasteiger partial charge >= 0.3 is 5.97 Å². The summed E-state index contributed by atoms with van der Waals surface area (Å²) >= 11 is 2.64. The van der Waals surface area contributed by atoms with Crippen LogP contribution in [-0.4, -0.2) is 33.7 Å². The molecule has 2 N–H and O–H groups in total. The lowest BCUT2D eigenvalue weighted by molar-refractivity contribution is -0.115. The average molecular weight is 436 g/mol. The third-order valence-electron chi connectivity index (χ3n) is 4.68. The van der Waals surface area contributed by atoms with Crippen LogP contribution in [0.5, 0.6) is 0 Å². The molecular formula is C20H25N3O4S2. The van der Waals surface area contributed by atoms with Crippen LogP contribution in [0.2, 0.25) is 0 Å². The van der Waals surface area contributed by atoms with Gasteiger partial charge < -0.3 is 15.0 Å². The van der Waals surface area contributed by atoms with Gasteiger partial charge in [0.15, 0.2) is 5.16 Å². The SMILES string of the molecule is CCOC(=O)c1c(NC(=O)C(C)Sc2nc(CC)cc(=O)[nH]2)sc2c1CCCC2. The molecule has 1 aliphatic carbocycles. The smallest absolute Gasteiger partial charge is 0.341 e. The maximum absolute atomic E-state index is 12.8. The van der Waals surface area contributed by atoms with Gasteiger partial charge in [-0.1, -0.05) is 18.7 Å². The second-order valence-corrected chi connectivity index (χ2v) is 9.21. The highest BCUT2D eigenvalue weighted by atomic mass is 32.2. The summed E-state index contributed by atoms with van der Waals surface area (Å²) in [6.07, 6.45) is 4.50. The van der Waals surface area contributed by atoms with Gasteiger partial charge in [-0.2, -0.15) is 0 Å². The molecule has 1 unspecified atom stereocenters. The molecule has 0 fully saturated rings. The van der Waals surface area contributed by atoms with Gasteiger partial charge in [0.05, 0.1) is 17.4 Å². The summed E-state index contributed by atoms with van der Waals surface area (Å²) in [5.41, 5.74) is 1.95. The molecule has 2 aromatic rings. The summed E-state index contributed by atoms with van der Waals surface area (Å²) < 4.78 is 5.23. The number of aromatic nitrogens is 2. The fourth-order valence-corrected chi connectivity index (χ4v) is 5.34. The number of ether oxygens (including phenoxy) is 1. The highest BCUT2D eigenvalue weighted by molar-refractivity contribution is 8.00. The van der Waals surface area contributed by atoms with E-state index in [4.69, 9.17) is 4.74 Å². The summed E-state index contributed by atoms with van der Waals surface area (Å²) in [4.78, 5) is 45.3. The molecule has 29 heavy (non-hydrogen) atoms. The van der Waals surface area contributed by atoms with Crippen LogP contribution in [0.4, 0.5) is 5.00 Å². The number of thiophene rings is 1. The van der Waals surface area contributed by atoms with Gasteiger partial charge in [0, 0.05) is 16.6 Å². The molecule has 1 amide bonds. The molecule has 1 atom stereocenters. The van der Waals surface area contributed by atoms with E-state index in [0.717, 1.165) is 36.1 Å². The fraction of sp³-hybridized carbons (Fsp3) is 0.500. The van der Waals surface area contributed by atoms with Crippen molar-refractivity contribution >= 4 is 40.0 Å². The molecule has 0 aromatic carbocycles. The molecule has 0 radical (unpaired) electrons. The average Bonchev–Trinajstić information content (AvgIpc) is 3.05. The number of anilines is 1. The number of aryl methyl sites for hydroxylation is 2. The van der Waals surface area contributed by atoms with Crippen molar-refractivity contribution in [1.82, 2.24) is 9.97 Å². The fourth-order valence-electron chi connectivity index (χ4n) is 3.23. The largest absolute Gasteiger partial charge is 0.462 e. The van der Waals surface area contributed by atoms with E-state index in [1.807, 2.05) is 6.92 Å². The van der Waals surface area contributed by atoms with Crippen LogP contribution in [0.3, 0.4) is 0 Å². The molecule has 0 saturated heterocycles. The summed E-state index contributed by atoms with van der Waals surface area (Å²) in [6.45, 7) is 5.72. The second-order valence-electron chi connectivity index (χ2n) is 6.78. The van der Waals surface area contributed by atoms with Crippen LogP contribution in [0.1, 0.15) is 60.1 Å². The minimum Gasteiger partial charge on any atom is -0.462 e. The number of carbonyl (C=O) groups excluding carboxylic acids is 2. The normalized spacial score (nSPS) is 14.2. The van der Waals surface area contributed by atoms with Gasteiger partial charge in [0.2, 0.25) is 5.91 Å². The topological polar surface area (TPSA) is 101 Å². The van der Waals surface area contributed by atoms with E-state index in [2.05, 4.69) is 15.3 Å². The molecule has 0 aliphatic heterocycles. The van der Waals surface area contributed by atoms with Crippen LogP contribution in [0, 0.1) is 0 Å². The zero-order valence-corrected chi connectivity index (χ0v) is 18.4. The molecule has 9 heteroatoms. The van der Waals surface area contributed by atoms with Gasteiger partial charge in [-0.25, -0.2) is 9.78 Å². The maximum atomic E-state index is 12.8. The Hall–Kier alpha value is -2.13. The van der Waals surface area contributed by atoms with E-state index < -0.39 is 5.25 Å². The number of thioether (sulfide) groups is 1. The Balaban J connectivity index is 1.79. The Bertz CT molecular complexity index is 967. The third-order valence-corrected chi connectivity index (χ3v) is 6.87. The van der Waals surface area contributed by atoms with Crippen LogP contribution in [0.25, 0.3) is 0 Å². The molecule has 7 nitrogen and oxygen atoms in total. The first kappa shape index (κ1) is 21.6. The zero-order chi connectivity index (χ0) is 21.0. The number of esters is 1. The lowest BCUT2D eigenvalue weighted by Crippen LogP contribution is -2.24. The maximum Gasteiger partial charge on any atom is 0.341 e. The van der Waals surface area contributed by atoms with E-state index in [9.17, 15) is 14.4 Å². The van der Waals surface area contributed by atoms with Gasteiger partial charge in [-0.3, -0.25) is 9.59 Å². The van der Waals surface area contributed by atoms with Crippen molar-refractivity contribution in [2.24, 2.45) is 0 Å². The monoisotopic (exact) mass is 435 g/mol. The Morgan fingerprint density at radius 2 is 2.10 bits per heavy atom. The Morgan fingerprint density at radius 1 is 1.34 bits per heavy atom. The summed E-state index contributed by atoms with van der Waals surface area (Å²) in [6, 6.07) is 1.45. The number of fused-ring (bicyclic) bond motifs is 1. The van der Waals surface area contributed by atoms with Gasteiger partial charge in [-0.05, 0) is 51.5 Å². The van der Waals surface area contributed by atoms with Gasteiger partial charge in [-0.15, -0.1) is 11.3 Å². The third kappa shape index (κ3) is 5.08. The van der Waals surface area contributed by atoms with Crippen LogP contribution in [0.15, 0.2) is 16.0 Å². The number of carbonyl (C=O) groups is 2. The molecule has 0 bridgehead atoms. The van der Waals surface area contributed by atoms with Gasteiger partial charge in [0.25, 0.3) is 5.56 Å². The first-order chi connectivity index (χ1) is 13.9. The van der Waals surface area contributed by atoms with E-state index in [-0.39, 0.29) is 24.0 Å². The lowest BCUT2D eigenvalue weighted by Gasteiger charge is -2.13. The summed E-state index contributed by atoms with van der Waals surface area (Å²) in [5, 5.41) is 3.37. The molecule has 0 spiro atoms. The summed E-state index contributed by atoms with van der Waals surface area (Å²) in [7, 11) is 0. The van der Waals surface area contributed by atoms with E-state index in [1.54, 1.807) is 13.8 Å². The molecular weight excluding hydrogens is 410 g/mol. The van der Waals surface area contributed by atoms with E-state index in [1.165, 1.54) is 29.2 Å². The number of hydrogen-bond donors (Lipinski definition) is 2. The minimum atomic E-state index is -0.501. The highest BCUT2D eigenvalue weighted by Crippen LogP contribution is 2.39. The van der Waals surface area contributed by atoms with Crippen molar-refractivity contribution in [1.29, 1.82) is 0 Å². The van der Waals surface area contributed by atoms with Crippen molar-refractivity contribution in [3.8, 4) is 0 Å². The first-order valence-corrected chi connectivity index (χ1v) is 11.5. The zero-order valence-electron chi connectivity index (χ0n) is 16.8. The first-order valence-electron chi connectivity index (χ1n) is 9.82. The van der Waals surface area contributed by atoms with Crippen LogP contribution in [-0.2, 0) is 28.8 Å². The summed E-state index contributed by atoms with van der Waals surface area (Å²) in [5.74, 6) is -0.632. The molecule has 156 valence electrons. The quantitative estimate of drug-likeness (QED) is 0.392. The van der Waals surface area contributed by atoms with Gasteiger partial charge in [0.1, 0.15) is 5.00 Å². The Morgan fingerprint density at radius 3 is 2.83 bits per heavy atom. The molecule has 3 rings (SSSR count). The minimum absolute atomic E-state index is 0.234. The van der Waals surface area contributed by atoms with Crippen LogP contribution < -0.4 is 10.9 Å². The number of aromatic amines is 1. The number of amides is 1. The van der Waals surface area contributed by atoms with Crippen molar-refractivity contribution in [3.05, 3.63) is 38.1 Å². The van der Waals surface area contributed by atoms with Crippen molar-refractivity contribution in [2.45, 2.75) is 63.3 Å². The predicted molar refractivity (Wildman–Crippen MR) is 115 cm³/mol. The Kier molecular flexibility index (Phi) is 7.13.